The number of aromatic nitrogens is 2. The topological polar surface area (TPSA) is 99.5 Å². The Kier molecular flexibility index (Phi) is 3.68. The summed E-state index contributed by atoms with van der Waals surface area (Å²) in [7, 11) is 0. The van der Waals surface area contributed by atoms with Crippen LogP contribution in [0.2, 0.25) is 0 Å². The number of aromatic hydroxyl groups is 1. The highest BCUT2D eigenvalue weighted by atomic mass is 32.1. The molecule has 0 saturated heterocycles. The summed E-state index contributed by atoms with van der Waals surface area (Å²) >= 11 is 1.59. The lowest BCUT2D eigenvalue weighted by Crippen LogP contribution is -2.33. The standard InChI is InChI=1S/C14H14N4O3S/c1-2-5-18-13(20)11(12(19)15-14(18)21)9-7-8(16-17-9)10-4-3-6-22-10/h2-4,6,8,16,20H,1,5,7H2,(H,15,19,21)/t8-/m0/s1. The average Bonchev–Trinajstić information content (AvgIpc) is 3.13. The molecule has 0 saturated carbocycles. The van der Waals surface area contributed by atoms with Gasteiger partial charge in [-0.15, -0.1) is 17.9 Å². The summed E-state index contributed by atoms with van der Waals surface area (Å²) < 4.78 is 1.05. The summed E-state index contributed by atoms with van der Waals surface area (Å²) in [6.45, 7) is 3.63. The number of H-pyrrole nitrogens is 1. The zero-order valence-electron chi connectivity index (χ0n) is 11.6. The van der Waals surface area contributed by atoms with Gasteiger partial charge in [-0.2, -0.15) is 5.10 Å². The van der Waals surface area contributed by atoms with Gasteiger partial charge in [0.1, 0.15) is 5.56 Å². The molecule has 2 aromatic heterocycles. The van der Waals surface area contributed by atoms with E-state index in [1.165, 1.54) is 6.08 Å². The summed E-state index contributed by atoms with van der Waals surface area (Å²) in [5, 5.41) is 16.4. The van der Waals surface area contributed by atoms with Crippen LogP contribution in [-0.4, -0.2) is 20.4 Å². The second-order valence-corrected chi connectivity index (χ2v) is 5.80. The van der Waals surface area contributed by atoms with Gasteiger partial charge in [-0.3, -0.25) is 14.3 Å². The fraction of sp³-hybridized carbons (Fsp3) is 0.214. The van der Waals surface area contributed by atoms with Gasteiger partial charge in [-0.05, 0) is 11.4 Å². The van der Waals surface area contributed by atoms with Crippen LogP contribution in [0.5, 0.6) is 5.88 Å². The maximum Gasteiger partial charge on any atom is 0.331 e. The number of allylic oxidation sites excluding steroid dienone is 1. The van der Waals surface area contributed by atoms with E-state index in [0.717, 1.165) is 9.44 Å². The van der Waals surface area contributed by atoms with Crippen LogP contribution in [0.25, 0.3) is 0 Å². The third kappa shape index (κ3) is 2.37. The first-order valence-corrected chi connectivity index (χ1v) is 7.52. The van der Waals surface area contributed by atoms with Gasteiger partial charge in [0, 0.05) is 17.8 Å². The molecule has 0 bridgehead atoms. The van der Waals surface area contributed by atoms with Crippen LogP contribution in [0.4, 0.5) is 0 Å². The van der Waals surface area contributed by atoms with Crippen molar-refractivity contribution in [2.45, 2.75) is 19.0 Å². The first kappa shape index (κ1) is 14.3. The lowest BCUT2D eigenvalue weighted by Gasteiger charge is -2.09. The predicted molar refractivity (Wildman–Crippen MR) is 84.5 cm³/mol. The molecule has 0 aliphatic carbocycles. The summed E-state index contributed by atoms with van der Waals surface area (Å²) in [6, 6.07) is 3.88. The minimum Gasteiger partial charge on any atom is -0.494 e. The Morgan fingerprint density at radius 3 is 3.05 bits per heavy atom. The number of hydrogen-bond donors (Lipinski definition) is 3. The van der Waals surface area contributed by atoms with Crippen molar-refractivity contribution in [2.75, 3.05) is 0 Å². The van der Waals surface area contributed by atoms with Crippen molar-refractivity contribution in [1.82, 2.24) is 15.0 Å². The monoisotopic (exact) mass is 318 g/mol. The van der Waals surface area contributed by atoms with Gasteiger partial charge in [0.2, 0.25) is 5.88 Å². The highest BCUT2D eigenvalue weighted by molar-refractivity contribution is 7.10. The maximum atomic E-state index is 12.0. The van der Waals surface area contributed by atoms with Crippen LogP contribution in [0.15, 0.2) is 44.9 Å². The summed E-state index contributed by atoms with van der Waals surface area (Å²) in [5.74, 6) is -0.388. The van der Waals surface area contributed by atoms with E-state index in [0.29, 0.717) is 12.1 Å². The smallest absolute Gasteiger partial charge is 0.331 e. The molecular weight excluding hydrogens is 304 g/mol. The number of thiophene rings is 1. The van der Waals surface area contributed by atoms with Crippen molar-refractivity contribution < 1.29 is 5.11 Å². The summed E-state index contributed by atoms with van der Waals surface area (Å²) in [6.07, 6.45) is 1.93. The second kappa shape index (κ2) is 5.64. The quantitative estimate of drug-likeness (QED) is 0.730. The number of nitrogens with one attached hydrogen (secondary N) is 2. The Labute approximate surface area is 129 Å². The minimum atomic E-state index is -0.674. The summed E-state index contributed by atoms with van der Waals surface area (Å²) in [5.41, 5.74) is 2.09. The Hall–Kier alpha value is -2.61. The van der Waals surface area contributed by atoms with Gasteiger partial charge in [0.15, 0.2) is 0 Å². The number of hydrogen-bond acceptors (Lipinski definition) is 6. The van der Waals surface area contributed by atoms with Gasteiger partial charge < -0.3 is 10.5 Å². The molecule has 3 rings (SSSR count). The molecule has 7 nitrogen and oxygen atoms in total. The van der Waals surface area contributed by atoms with E-state index in [4.69, 9.17) is 0 Å². The molecule has 1 aliphatic rings. The van der Waals surface area contributed by atoms with Crippen LogP contribution in [0.3, 0.4) is 0 Å². The van der Waals surface area contributed by atoms with E-state index in [1.807, 2.05) is 17.5 Å². The highest BCUT2D eigenvalue weighted by Crippen LogP contribution is 2.28. The molecule has 0 amide bonds. The molecule has 1 atom stereocenters. The van der Waals surface area contributed by atoms with Crippen molar-refractivity contribution in [1.29, 1.82) is 0 Å². The van der Waals surface area contributed by atoms with Gasteiger partial charge >= 0.3 is 5.69 Å². The molecule has 0 spiro atoms. The number of nitrogens with zero attached hydrogens (tertiary/aromatic N) is 2. The number of hydrazone groups is 1. The lowest BCUT2D eigenvalue weighted by atomic mass is 10.1. The predicted octanol–water partition coefficient (Wildman–Crippen LogP) is 0.928. The van der Waals surface area contributed by atoms with E-state index >= 15 is 0 Å². The van der Waals surface area contributed by atoms with Crippen LogP contribution >= 0.6 is 11.3 Å². The number of rotatable bonds is 4. The molecule has 0 radical (unpaired) electrons. The Balaban J connectivity index is 1.99. The third-order valence-corrected chi connectivity index (χ3v) is 4.40. The van der Waals surface area contributed by atoms with Crippen LogP contribution in [0, 0.1) is 0 Å². The molecule has 0 unspecified atom stereocenters. The van der Waals surface area contributed by atoms with E-state index < -0.39 is 11.2 Å². The van der Waals surface area contributed by atoms with E-state index in [9.17, 15) is 14.7 Å². The summed E-state index contributed by atoms with van der Waals surface area (Å²) in [4.78, 5) is 27.0. The zero-order chi connectivity index (χ0) is 15.7. The molecule has 3 heterocycles. The van der Waals surface area contributed by atoms with Gasteiger partial charge in [0.25, 0.3) is 5.56 Å². The van der Waals surface area contributed by atoms with Crippen molar-refractivity contribution in [3.05, 3.63) is 61.4 Å². The SMILES string of the molecule is C=CCn1c(O)c(C2=NN[C@H](c3cccs3)C2)c(=O)[nH]c1=O. The van der Waals surface area contributed by atoms with Gasteiger partial charge in [-0.1, -0.05) is 12.1 Å². The number of aromatic amines is 1. The minimum absolute atomic E-state index is 0.0213. The lowest BCUT2D eigenvalue weighted by molar-refractivity contribution is 0.409. The fourth-order valence-electron chi connectivity index (χ4n) is 2.37. The maximum absolute atomic E-state index is 12.0. The Morgan fingerprint density at radius 1 is 1.55 bits per heavy atom. The van der Waals surface area contributed by atoms with Crippen molar-refractivity contribution >= 4 is 17.0 Å². The van der Waals surface area contributed by atoms with Crippen LogP contribution in [0.1, 0.15) is 22.9 Å². The molecule has 3 N–H and O–H groups in total. The molecular formula is C14H14N4O3S. The van der Waals surface area contributed by atoms with Crippen molar-refractivity contribution in [3.8, 4) is 5.88 Å². The Morgan fingerprint density at radius 2 is 2.36 bits per heavy atom. The Bertz CT molecular complexity index is 848. The van der Waals surface area contributed by atoms with Crippen LogP contribution in [-0.2, 0) is 6.54 Å². The van der Waals surface area contributed by atoms with Gasteiger partial charge in [-0.25, -0.2) is 4.79 Å². The molecule has 114 valence electrons. The average molecular weight is 318 g/mol. The molecule has 2 aromatic rings. The highest BCUT2D eigenvalue weighted by Gasteiger charge is 2.27. The molecule has 1 aliphatic heterocycles. The molecule has 0 fully saturated rings. The zero-order valence-corrected chi connectivity index (χ0v) is 12.4. The largest absolute Gasteiger partial charge is 0.494 e. The van der Waals surface area contributed by atoms with Crippen molar-refractivity contribution in [3.63, 3.8) is 0 Å². The second-order valence-electron chi connectivity index (χ2n) is 4.82. The van der Waals surface area contributed by atoms with E-state index in [-0.39, 0.29) is 24.0 Å². The normalized spacial score (nSPS) is 17.1. The first-order chi connectivity index (χ1) is 10.6. The molecule has 8 heteroatoms. The fourth-order valence-corrected chi connectivity index (χ4v) is 3.14. The molecule has 22 heavy (non-hydrogen) atoms. The van der Waals surface area contributed by atoms with E-state index in [2.05, 4.69) is 22.1 Å². The third-order valence-electron chi connectivity index (χ3n) is 3.41. The van der Waals surface area contributed by atoms with E-state index in [1.54, 1.807) is 11.3 Å². The van der Waals surface area contributed by atoms with Crippen LogP contribution < -0.4 is 16.7 Å². The molecule has 0 aromatic carbocycles. The van der Waals surface area contributed by atoms with Crippen molar-refractivity contribution in [2.24, 2.45) is 5.10 Å². The van der Waals surface area contributed by atoms with Gasteiger partial charge in [0.05, 0.1) is 11.8 Å². The first-order valence-electron chi connectivity index (χ1n) is 6.64.